The third-order valence-corrected chi connectivity index (χ3v) is 5.84. The van der Waals surface area contributed by atoms with Crippen LogP contribution in [-0.2, 0) is 9.59 Å². The minimum atomic E-state index is -0.624. The number of hydrogen-bond acceptors (Lipinski definition) is 3. The van der Waals surface area contributed by atoms with Crippen LogP contribution in [0.3, 0.4) is 0 Å². The second-order valence-corrected chi connectivity index (χ2v) is 8.62. The van der Waals surface area contributed by atoms with Gasteiger partial charge in [-0.15, -0.1) is 0 Å². The van der Waals surface area contributed by atoms with Gasteiger partial charge in [-0.1, -0.05) is 26.0 Å². The minimum Gasteiger partial charge on any atom is -0.354 e. The summed E-state index contributed by atoms with van der Waals surface area (Å²) in [5.41, 5.74) is 0.498. The second kappa shape index (κ2) is 8.42. The molecule has 27 heavy (non-hydrogen) atoms. The number of rotatable bonds is 7. The van der Waals surface area contributed by atoms with Crippen molar-refractivity contribution in [2.24, 2.45) is 11.8 Å². The van der Waals surface area contributed by atoms with E-state index in [1.165, 1.54) is 0 Å². The highest BCUT2D eigenvalue weighted by Gasteiger charge is 2.39. The topological polar surface area (TPSA) is 78.5 Å². The molecule has 1 aromatic rings. The zero-order chi connectivity index (χ0) is 19.6. The van der Waals surface area contributed by atoms with Crippen molar-refractivity contribution < 1.29 is 14.4 Å². The van der Waals surface area contributed by atoms with Crippen LogP contribution < -0.4 is 10.6 Å². The Bertz CT molecular complexity index is 733. The number of carbonyl (C=O) groups excluding carboxylic acids is 3. The van der Waals surface area contributed by atoms with E-state index in [0.717, 1.165) is 19.4 Å². The highest BCUT2D eigenvalue weighted by molar-refractivity contribution is 9.10. The minimum absolute atomic E-state index is 0.0513. The van der Waals surface area contributed by atoms with Crippen molar-refractivity contribution in [2.45, 2.75) is 45.2 Å². The molecule has 2 fully saturated rings. The van der Waals surface area contributed by atoms with E-state index < -0.39 is 6.04 Å². The van der Waals surface area contributed by atoms with Crippen LogP contribution in [0.2, 0.25) is 0 Å². The molecule has 0 spiro atoms. The highest BCUT2D eigenvalue weighted by Crippen LogP contribution is 2.32. The maximum Gasteiger partial charge on any atom is 0.253 e. The summed E-state index contributed by atoms with van der Waals surface area (Å²) in [7, 11) is 0. The fourth-order valence-corrected chi connectivity index (χ4v) is 3.90. The van der Waals surface area contributed by atoms with Crippen LogP contribution in [0.15, 0.2) is 28.7 Å². The van der Waals surface area contributed by atoms with Gasteiger partial charge in [0.05, 0.1) is 5.56 Å². The van der Waals surface area contributed by atoms with Crippen LogP contribution in [0, 0.1) is 11.8 Å². The van der Waals surface area contributed by atoms with Crippen molar-refractivity contribution in [2.75, 3.05) is 13.1 Å². The van der Waals surface area contributed by atoms with Gasteiger partial charge in [0.25, 0.3) is 5.91 Å². The number of halogens is 1. The van der Waals surface area contributed by atoms with Crippen LogP contribution in [0.1, 0.15) is 43.5 Å². The summed E-state index contributed by atoms with van der Waals surface area (Å²) in [6.45, 7) is 4.98. The molecular weight excluding hydrogens is 410 g/mol. The largest absolute Gasteiger partial charge is 0.354 e. The molecule has 0 aromatic heterocycles. The summed E-state index contributed by atoms with van der Waals surface area (Å²) >= 11 is 3.37. The molecule has 146 valence electrons. The van der Waals surface area contributed by atoms with Crippen LogP contribution in [0.4, 0.5) is 0 Å². The van der Waals surface area contributed by atoms with Crippen molar-refractivity contribution in [3.63, 3.8) is 0 Å². The van der Waals surface area contributed by atoms with Crippen LogP contribution in [0.5, 0.6) is 0 Å². The molecule has 1 aliphatic heterocycles. The zero-order valence-electron chi connectivity index (χ0n) is 15.7. The van der Waals surface area contributed by atoms with Gasteiger partial charge in [-0.05, 0) is 46.8 Å². The van der Waals surface area contributed by atoms with E-state index in [0.29, 0.717) is 29.0 Å². The molecule has 6 nitrogen and oxygen atoms in total. The van der Waals surface area contributed by atoms with Crippen molar-refractivity contribution >= 4 is 33.7 Å². The fraction of sp³-hybridized carbons (Fsp3) is 0.550. The van der Waals surface area contributed by atoms with Crippen molar-refractivity contribution in [1.82, 2.24) is 15.5 Å². The molecule has 7 heteroatoms. The van der Waals surface area contributed by atoms with Gasteiger partial charge >= 0.3 is 0 Å². The Kier molecular flexibility index (Phi) is 6.19. The molecule has 3 rings (SSSR count). The molecule has 0 radical (unpaired) electrons. The second-order valence-electron chi connectivity index (χ2n) is 7.77. The van der Waals surface area contributed by atoms with Gasteiger partial charge in [0.15, 0.2) is 0 Å². The molecule has 3 amide bonds. The summed E-state index contributed by atoms with van der Waals surface area (Å²) in [4.78, 5) is 39.2. The molecular formula is C20H26BrN3O3. The predicted octanol–water partition coefficient (Wildman–Crippen LogP) is 2.33. The smallest absolute Gasteiger partial charge is 0.253 e. The Balaban J connectivity index is 1.55. The molecule has 0 bridgehead atoms. The van der Waals surface area contributed by atoms with Gasteiger partial charge in [-0.2, -0.15) is 0 Å². The normalized spacial score (nSPS) is 20.7. The summed E-state index contributed by atoms with van der Waals surface area (Å²) in [6.07, 6.45) is 2.69. The first-order valence-corrected chi connectivity index (χ1v) is 10.3. The maximum absolute atomic E-state index is 12.7. The number of nitrogens with zero attached hydrogens (tertiary/aromatic N) is 1. The molecule has 0 unspecified atom stereocenters. The fourth-order valence-electron chi connectivity index (χ4n) is 3.44. The quantitative estimate of drug-likeness (QED) is 0.689. The summed E-state index contributed by atoms with van der Waals surface area (Å²) in [5.74, 6) is -0.201. The van der Waals surface area contributed by atoms with E-state index in [1.54, 1.807) is 18.2 Å². The van der Waals surface area contributed by atoms with Crippen molar-refractivity contribution in [3.05, 3.63) is 34.3 Å². The van der Waals surface area contributed by atoms with E-state index >= 15 is 0 Å². The number of benzene rings is 1. The monoisotopic (exact) mass is 435 g/mol. The third-order valence-electron chi connectivity index (χ3n) is 5.15. The lowest BCUT2D eigenvalue weighted by Crippen LogP contribution is -2.50. The maximum atomic E-state index is 12.7. The van der Waals surface area contributed by atoms with E-state index in [1.807, 2.05) is 24.8 Å². The van der Waals surface area contributed by atoms with Gasteiger partial charge in [0, 0.05) is 35.9 Å². The first kappa shape index (κ1) is 19.9. The van der Waals surface area contributed by atoms with Crippen molar-refractivity contribution in [1.29, 1.82) is 0 Å². The van der Waals surface area contributed by atoms with Crippen LogP contribution >= 0.6 is 15.9 Å². The molecule has 1 heterocycles. The summed E-state index contributed by atoms with van der Waals surface area (Å²) in [6, 6.07) is 6.92. The van der Waals surface area contributed by atoms with Gasteiger partial charge in [-0.25, -0.2) is 0 Å². The SMILES string of the molecule is CC(C)[C@@H](NC(=O)c1ccccc1Br)C(=O)NC[C@@H]1CC(=O)N(C2CC2)C1. The molecule has 2 atom stereocenters. The van der Waals surface area contributed by atoms with Gasteiger partial charge < -0.3 is 15.5 Å². The van der Waals surface area contributed by atoms with Crippen molar-refractivity contribution in [3.8, 4) is 0 Å². The predicted molar refractivity (Wildman–Crippen MR) is 106 cm³/mol. The average Bonchev–Trinajstić information content (AvgIpc) is 3.40. The van der Waals surface area contributed by atoms with E-state index in [9.17, 15) is 14.4 Å². The zero-order valence-corrected chi connectivity index (χ0v) is 17.3. The third kappa shape index (κ3) is 4.89. The lowest BCUT2D eigenvalue weighted by atomic mass is 10.0. The summed E-state index contributed by atoms with van der Waals surface area (Å²) < 4.78 is 0.690. The van der Waals surface area contributed by atoms with E-state index in [4.69, 9.17) is 0 Å². The number of amides is 3. The van der Waals surface area contributed by atoms with Gasteiger partial charge in [0.1, 0.15) is 6.04 Å². The molecule has 1 aromatic carbocycles. The standard InChI is InChI=1S/C20H26BrN3O3/c1-12(2)18(23-19(26)15-5-3-4-6-16(15)21)20(27)22-10-13-9-17(25)24(11-13)14-7-8-14/h3-6,12-14,18H,7-11H2,1-2H3,(H,22,27)(H,23,26)/t13-,18+/m0/s1. The number of hydrogen-bond donors (Lipinski definition) is 2. The molecule has 1 saturated carbocycles. The highest BCUT2D eigenvalue weighted by atomic mass is 79.9. The molecule has 2 N–H and O–H groups in total. The van der Waals surface area contributed by atoms with E-state index in [2.05, 4.69) is 26.6 Å². The van der Waals surface area contributed by atoms with E-state index in [-0.39, 0.29) is 29.6 Å². The first-order chi connectivity index (χ1) is 12.9. The average molecular weight is 436 g/mol. The molecule has 1 aliphatic carbocycles. The van der Waals surface area contributed by atoms with Crippen LogP contribution in [-0.4, -0.2) is 47.8 Å². The first-order valence-electron chi connectivity index (χ1n) is 9.49. The molecule has 2 aliphatic rings. The number of likely N-dealkylation sites (tertiary alicyclic amines) is 1. The Morgan fingerprint density at radius 3 is 2.59 bits per heavy atom. The Labute approximate surface area is 168 Å². The Morgan fingerprint density at radius 2 is 1.96 bits per heavy atom. The number of carbonyl (C=O) groups is 3. The van der Waals surface area contributed by atoms with Crippen LogP contribution in [0.25, 0.3) is 0 Å². The Hall–Kier alpha value is -1.89. The lowest BCUT2D eigenvalue weighted by molar-refractivity contribution is -0.128. The molecule has 1 saturated heterocycles. The lowest BCUT2D eigenvalue weighted by Gasteiger charge is -2.23. The number of nitrogens with one attached hydrogen (secondary N) is 2. The van der Waals surface area contributed by atoms with Gasteiger partial charge in [0.2, 0.25) is 11.8 Å². The Morgan fingerprint density at radius 1 is 1.26 bits per heavy atom. The van der Waals surface area contributed by atoms with Gasteiger partial charge in [-0.3, -0.25) is 14.4 Å². The summed E-state index contributed by atoms with van der Waals surface area (Å²) in [5, 5.41) is 5.77.